The molecular formula is C36H66MgO6. The first kappa shape index (κ1) is 46.5. The molecule has 0 aliphatic heterocycles. The molecule has 248 valence electrons. The third kappa shape index (κ3) is 45.7. The summed E-state index contributed by atoms with van der Waals surface area (Å²) in [6, 6.07) is 0. The van der Waals surface area contributed by atoms with Crippen LogP contribution in [0.15, 0.2) is 24.3 Å². The number of carbonyl (C=O) groups is 2. The standard InChI is InChI=1S/2C18H34O3.Mg/c2*1-2-3-4-11-14-17(19)15-12-9-7-5-6-8-10-13-16-18(20)21;/h2*9,12,17,19H,2-8,10-11,13-16H2,1H3,(H,20,21);/q;;+2/p-2/b2*12-9-;. The summed E-state index contributed by atoms with van der Waals surface area (Å²) in [6.45, 7) is 4.39. The van der Waals surface area contributed by atoms with Crippen molar-refractivity contribution in [2.24, 2.45) is 0 Å². The van der Waals surface area contributed by atoms with Gasteiger partial charge in [-0.1, -0.05) is 128 Å². The molecule has 0 saturated heterocycles. The fraction of sp³-hybridized carbons (Fsp3) is 0.833. The Kier molecular flexibility index (Phi) is 42.3. The van der Waals surface area contributed by atoms with E-state index in [2.05, 4.69) is 38.2 Å². The van der Waals surface area contributed by atoms with Crippen molar-refractivity contribution >= 4 is 35.0 Å². The number of rotatable bonds is 30. The molecule has 0 aliphatic carbocycles. The molecule has 0 heterocycles. The van der Waals surface area contributed by atoms with Gasteiger partial charge in [0.25, 0.3) is 0 Å². The summed E-state index contributed by atoms with van der Waals surface area (Å²) in [5.74, 6) is -1.88. The van der Waals surface area contributed by atoms with Gasteiger partial charge in [0, 0.05) is 11.9 Å². The molecule has 2 N–H and O–H groups in total. The Labute approximate surface area is 281 Å². The monoisotopic (exact) mass is 618 g/mol. The molecule has 0 aromatic carbocycles. The van der Waals surface area contributed by atoms with Gasteiger partial charge in [0.1, 0.15) is 0 Å². The Hall–Kier alpha value is -0.894. The largest absolute Gasteiger partial charge is 2.00 e. The van der Waals surface area contributed by atoms with Gasteiger partial charge in [-0.2, -0.15) is 0 Å². The zero-order chi connectivity index (χ0) is 31.5. The van der Waals surface area contributed by atoms with Crippen molar-refractivity contribution in [1.29, 1.82) is 0 Å². The molecule has 0 radical (unpaired) electrons. The van der Waals surface area contributed by atoms with Crippen LogP contribution in [0.3, 0.4) is 0 Å². The van der Waals surface area contributed by atoms with Gasteiger partial charge in [-0.25, -0.2) is 0 Å². The number of unbranched alkanes of at least 4 members (excludes halogenated alkanes) is 16. The van der Waals surface area contributed by atoms with E-state index in [-0.39, 0.29) is 48.1 Å². The molecule has 2 atom stereocenters. The zero-order valence-electron chi connectivity index (χ0n) is 28.1. The van der Waals surface area contributed by atoms with Crippen LogP contribution in [0.25, 0.3) is 0 Å². The van der Waals surface area contributed by atoms with Gasteiger partial charge in [0.2, 0.25) is 0 Å². The van der Waals surface area contributed by atoms with Crippen molar-refractivity contribution in [3.05, 3.63) is 24.3 Å². The predicted molar refractivity (Wildman–Crippen MR) is 177 cm³/mol. The second-order valence-corrected chi connectivity index (χ2v) is 11.8. The maximum absolute atomic E-state index is 10.2. The first-order chi connectivity index (χ1) is 20.3. The Bertz CT molecular complexity index is 583. The van der Waals surface area contributed by atoms with Crippen molar-refractivity contribution in [2.75, 3.05) is 0 Å². The molecule has 6 nitrogen and oxygen atoms in total. The van der Waals surface area contributed by atoms with E-state index >= 15 is 0 Å². The molecule has 0 amide bonds. The third-order valence-corrected chi connectivity index (χ3v) is 7.43. The SMILES string of the molecule is CCCCCCC(O)C/C=C\CCCCCCCC(=O)[O-].CCCCCCC(O)C/C=C\CCCCCCCC(=O)[O-].[Mg+2]. The average molecular weight is 619 g/mol. The molecule has 0 fully saturated rings. The van der Waals surface area contributed by atoms with Crippen LogP contribution >= 0.6 is 0 Å². The average Bonchev–Trinajstić information content (AvgIpc) is 2.95. The van der Waals surface area contributed by atoms with Gasteiger partial charge >= 0.3 is 23.1 Å². The van der Waals surface area contributed by atoms with E-state index in [0.29, 0.717) is 0 Å². The van der Waals surface area contributed by atoms with Gasteiger partial charge in [-0.15, -0.1) is 0 Å². The van der Waals surface area contributed by atoms with Gasteiger partial charge in [0.05, 0.1) is 12.2 Å². The van der Waals surface area contributed by atoms with Crippen molar-refractivity contribution in [1.82, 2.24) is 0 Å². The fourth-order valence-corrected chi connectivity index (χ4v) is 4.72. The molecule has 0 aromatic rings. The summed E-state index contributed by atoms with van der Waals surface area (Å²) >= 11 is 0. The van der Waals surface area contributed by atoms with E-state index in [9.17, 15) is 30.0 Å². The number of aliphatic carboxylic acids is 2. The minimum absolute atomic E-state index is 0. The minimum Gasteiger partial charge on any atom is -0.550 e. The second-order valence-electron chi connectivity index (χ2n) is 11.8. The summed E-state index contributed by atoms with van der Waals surface area (Å²) in [5, 5.41) is 40.0. The fourth-order valence-electron chi connectivity index (χ4n) is 4.72. The molecule has 0 aliphatic rings. The zero-order valence-corrected chi connectivity index (χ0v) is 29.5. The van der Waals surface area contributed by atoms with Crippen LogP contribution in [0.2, 0.25) is 0 Å². The quantitative estimate of drug-likeness (QED) is 0.0503. The number of allylic oxidation sites excluding steroid dienone is 2. The first-order valence-corrected chi connectivity index (χ1v) is 17.4. The van der Waals surface area contributed by atoms with Crippen LogP contribution < -0.4 is 10.2 Å². The molecule has 0 saturated carbocycles. The number of carboxylic acid groups (broad SMARTS) is 2. The summed E-state index contributed by atoms with van der Waals surface area (Å²) in [4.78, 5) is 20.4. The number of aliphatic hydroxyl groups excluding tert-OH is 2. The van der Waals surface area contributed by atoms with Crippen LogP contribution in [0.5, 0.6) is 0 Å². The number of hydrogen-bond acceptors (Lipinski definition) is 6. The van der Waals surface area contributed by atoms with Crippen LogP contribution in [0.4, 0.5) is 0 Å². The summed E-state index contributed by atoms with van der Waals surface area (Å²) < 4.78 is 0. The number of carboxylic acids is 2. The molecule has 43 heavy (non-hydrogen) atoms. The van der Waals surface area contributed by atoms with E-state index in [1.54, 1.807) is 0 Å². The second kappa shape index (κ2) is 39.1. The van der Waals surface area contributed by atoms with Crippen molar-refractivity contribution < 1.29 is 30.0 Å². The van der Waals surface area contributed by atoms with Gasteiger partial charge in [-0.3, -0.25) is 0 Å². The Morgan fingerprint density at radius 1 is 0.512 bits per heavy atom. The summed E-state index contributed by atoms with van der Waals surface area (Å²) in [6.07, 6.45) is 34.0. The van der Waals surface area contributed by atoms with Crippen LogP contribution in [0.1, 0.15) is 181 Å². The predicted octanol–water partition coefficient (Wildman–Crippen LogP) is 7.11. The number of hydrogen-bond donors (Lipinski definition) is 2. The Balaban J connectivity index is -0.000000727. The van der Waals surface area contributed by atoms with Crippen LogP contribution in [-0.4, -0.2) is 57.4 Å². The van der Waals surface area contributed by atoms with Crippen molar-refractivity contribution in [3.8, 4) is 0 Å². The Morgan fingerprint density at radius 3 is 1.19 bits per heavy atom. The van der Waals surface area contributed by atoms with Crippen LogP contribution in [-0.2, 0) is 9.59 Å². The number of aliphatic hydroxyl groups is 2. The third-order valence-electron chi connectivity index (χ3n) is 7.43. The first-order valence-electron chi connectivity index (χ1n) is 17.4. The van der Waals surface area contributed by atoms with Gasteiger partial charge in [-0.05, 0) is 77.0 Å². The maximum Gasteiger partial charge on any atom is 2.00 e. The molecule has 2 unspecified atom stereocenters. The van der Waals surface area contributed by atoms with E-state index in [1.807, 2.05) is 0 Å². The van der Waals surface area contributed by atoms with Crippen LogP contribution in [0, 0.1) is 0 Å². The normalized spacial score (nSPS) is 12.6. The topological polar surface area (TPSA) is 121 Å². The molecule has 0 spiro atoms. The smallest absolute Gasteiger partial charge is 0.550 e. The van der Waals surface area contributed by atoms with Crippen molar-refractivity contribution in [3.63, 3.8) is 0 Å². The van der Waals surface area contributed by atoms with Gasteiger partial charge in [0.15, 0.2) is 0 Å². The van der Waals surface area contributed by atoms with E-state index in [4.69, 9.17) is 0 Å². The van der Waals surface area contributed by atoms with Crippen molar-refractivity contribution in [2.45, 2.75) is 193 Å². The molecule has 0 bridgehead atoms. The molecule has 7 heteroatoms. The van der Waals surface area contributed by atoms with E-state index in [1.165, 1.54) is 38.5 Å². The van der Waals surface area contributed by atoms with E-state index < -0.39 is 11.9 Å². The number of carbonyl (C=O) groups excluding carboxylic acids is 2. The summed E-state index contributed by atoms with van der Waals surface area (Å²) in [7, 11) is 0. The maximum atomic E-state index is 10.2. The van der Waals surface area contributed by atoms with E-state index in [0.717, 1.165) is 116 Å². The van der Waals surface area contributed by atoms with Gasteiger partial charge < -0.3 is 30.0 Å². The Morgan fingerprint density at radius 2 is 0.837 bits per heavy atom. The molecule has 0 aromatic heterocycles. The summed E-state index contributed by atoms with van der Waals surface area (Å²) in [5.41, 5.74) is 0. The minimum atomic E-state index is -0.939. The molecular weight excluding hydrogens is 553 g/mol. The molecule has 0 rings (SSSR count).